The van der Waals surface area contributed by atoms with Gasteiger partial charge >= 0.3 is 0 Å². The maximum absolute atomic E-state index is 5.85. The molecule has 14 heavy (non-hydrogen) atoms. The maximum Gasteiger partial charge on any atom is 0.262 e. The molecule has 0 bridgehead atoms. The van der Waals surface area contributed by atoms with E-state index < -0.39 is 0 Å². The summed E-state index contributed by atoms with van der Waals surface area (Å²) in [5.74, 6) is 0. The van der Waals surface area contributed by atoms with Crippen molar-refractivity contribution in [2.75, 3.05) is 5.73 Å². The number of pyridine rings is 1. The van der Waals surface area contributed by atoms with Crippen molar-refractivity contribution >= 4 is 17.4 Å². The number of rotatable bonds is 2. The third-order valence-corrected chi connectivity index (χ3v) is 2.66. The van der Waals surface area contributed by atoms with Crippen molar-refractivity contribution in [3.05, 3.63) is 30.3 Å². The number of hydrogen-bond donors (Lipinski definition) is 1. The fourth-order valence-electron chi connectivity index (χ4n) is 0.970. The van der Waals surface area contributed by atoms with Crippen LogP contribution in [0.15, 0.2) is 39.4 Å². The molecule has 2 N–H and O–H groups in total. The summed E-state index contributed by atoms with van der Waals surface area (Å²) in [5, 5.41) is 1.28. The van der Waals surface area contributed by atoms with Crippen LogP contribution in [0, 0.1) is 6.92 Å². The number of anilines is 1. The Kier molecular flexibility index (Phi) is 2.41. The summed E-state index contributed by atoms with van der Waals surface area (Å²) < 4.78 is 5.09. The van der Waals surface area contributed by atoms with Crippen LogP contribution in [0.5, 0.6) is 0 Å². The first-order chi connectivity index (χ1) is 6.77. The Labute approximate surface area is 85.6 Å². The smallest absolute Gasteiger partial charge is 0.262 e. The number of nitrogens with zero attached hydrogens (tertiary/aromatic N) is 2. The maximum atomic E-state index is 5.85. The molecule has 2 aromatic rings. The first-order valence-corrected chi connectivity index (χ1v) is 4.87. The van der Waals surface area contributed by atoms with Gasteiger partial charge in [0.25, 0.3) is 5.22 Å². The van der Waals surface area contributed by atoms with Gasteiger partial charge in [-0.15, -0.1) is 0 Å². The molecule has 0 aliphatic rings. The van der Waals surface area contributed by atoms with Crippen LogP contribution in [0.3, 0.4) is 0 Å². The minimum Gasteiger partial charge on any atom is -0.440 e. The molecule has 0 aliphatic carbocycles. The monoisotopic (exact) mass is 207 g/mol. The normalized spacial score (nSPS) is 10.4. The topological polar surface area (TPSA) is 64.9 Å². The standard InChI is InChI=1S/C9H9N3OS/c1-6-2-3-11-8(7(6)10)14-9-12-4-5-13-9/h2-5H,10H2,1H3. The molecular weight excluding hydrogens is 198 g/mol. The average molecular weight is 207 g/mol. The lowest BCUT2D eigenvalue weighted by Gasteiger charge is -2.03. The predicted octanol–water partition coefficient (Wildman–Crippen LogP) is 2.11. The van der Waals surface area contributed by atoms with Gasteiger partial charge in [0.15, 0.2) is 0 Å². The Hall–Kier alpha value is -1.49. The lowest BCUT2D eigenvalue weighted by molar-refractivity contribution is 0.454. The first-order valence-electron chi connectivity index (χ1n) is 4.06. The van der Waals surface area contributed by atoms with Gasteiger partial charge in [-0.2, -0.15) is 0 Å². The van der Waals surface area contributed by atoms with Crippen molar-refractivity contribution < 1.29 is 4.42 Å². The Bertz CT molecular complexity index is 428. The molecule has 0 aromatic carbocycles. The second-order valence-electron chi connectivity index (χ2n) is 2.75. The van der Waals surface area contributed by atoms with Crippen LogP contribution >= 0.6 is 11.8 Å². The van der Waals surface area contributed by atoms with Gasteiger partial charge in [0.05, 0.1) is 11.9 Å². The predicted molar refractivity (Wildman–Crippen MR) is 54.0 cm³/mol. The Morgan fingerprint density at radius 3 is 2.93 bits per heavy atom. The third-order valence-electron chi connectivity index (χ3n) is 1.77. The van der Waals surface area contributed by atoms with Gasteiger partial charge in [0.1, 0.15) is 11.3 Å². The van der Waals surface area contributed by atoms with E-state index >= 15 is 0 Å². The van der Waals surface area contributed by atoms with E-state index in [0.29, 0.717) is 10.9 Å². The molecule has 0 amide bonds. The molecule has 0 unspecified atom stereocenters. The van der Waals surface area contributed by atoms with Crippen LogP contribution in [0.2, 0.25) is 0 Å². The van der Waals surface area contributed by atoms with Crippen LogP contribution < -0.4 is 5.73 Å². The van der Waals surface area contributed by atoms with E-state index in [-0.39, 0.29) is 0 Å². The lowest BCUT2D eigenvalue weighted by atomic mass is 10.3. The van der Waals surface area contributed by atoms with E-state index in [1.54, 1.807) is 12.4 Å². The van der Waals surface area contributed by atoms with E-state index in [4.69, 9.17) is 10.2 Å². The average Bonchev–Trinajstić information content (AvgIpc) is 2.66. The number of aromatic nitrogens is 2. The van der Waals surface area contributed by atoms with Gasteiger partial charge in [0, 0.05) is 6.20 Å². The summed E-state index contributed by atoms with van der Waals surface area (Å²) in [5.41, 5.74) is 7.53. The highest BCUT2D eigenvalue weighted by Crippen LogP contribution is 2.30. The molecule has 2 rings (SSSR count). The molecule has 0 atom stereocenters. The molecular formula is C9H9N3OS. The highest BCUT2D eigenvalue weighted by atomic mass is 32.2. The fourth-order valence-corrected chi connectivity index (χ4v) is 1.74. The fraction of sp³-hybridized carbons (Fsp3) is 0.111. The van der Waals surface area contributed by atoms with E-state index in [1.807, 2.05) is 13.0 Å². The Balaban J connectivity index is 2.29. The van der Waals surface area contributed by atoms with Gasteiger partial charge in [-0.05, 0) is 30.3 Å². The van der Waals surface area contributed by atoms with E-state index in [9.17, 15) is 0 Å². The highest BCUT2D eigenvalue weighted by Gasteiger charge is 2.07. The van der Waals surface area contributed by atoms with Crippen molar-refractivity contribution in [1.29, 1.82) is 0 Å². The molecule has 0 radical (unpaired) electrons. The zero-order chi connectivity index (χ0) is 9.97. The number of oxazole rings is 1. The number of aryl methyl sites for hydroxylation is 1. The second kappa shape index (κ2) is 3.71. The Morgan fingerprint density at radius 2 is 2.21 bits per heavy atom. The van der Waals surface area contributed by atoms with E-state index in [1.165, 1.54) is 18.0 Å². The SMILES string of the molecule is Cc1ccnc(Sc2ncco2)c1N. The quantitative estimate of drug-likeness (QED) is 0.817. The molecule has 2 aromatic heterocycles. The summed E-state index contributed by atoms with van der Waals surface area (Å²) in [6.45, 7) is 1.94. The van der Waals surface area contributed by atoms with Crippen molar-refractivity contribution in [2.24, 2.45) is 0 Å². The van der Waals surface area contributed by atoms with Crippen LogP contribution in [0.1, 0.15) is 5.56 Å². The minimum absolute atomic E-state index is 0.551. The lowest BCUT2D eigenvalue weighted by Crippen LogP contribution is -1.94. The molecule has 0 saturated carbocycles. The van der Waals surface area contributed by atoms with Gasteiger partial charge in [-0.25, -0.2) is 9.97 Å². The zero-order valence-corrected chi connectivity index (χ0v) is 8.41. The minimum atomic E-state index is 0.551. The summed E-state index contributed by atoms with van der Waals surface area (Å²) >= 11 is 1.32. The first kappa shape index (κ1) is 9.08. The van der Waals surface area contributed by atoms with Gasteiger partial charge < -0.3 is 10.2 Å². The number of nitrogen functional groups attached to an aromatic ring is 1. The van der Waals surface area contributed by atoms with Crippen LogP contribution in [-0.4, -0.2) is 9.97 Å². The van der Waals surface area contributed by atoms with E-state index in [2.05, 4.69) is 9.97 Å². The molecule has 0 fully saturated rings. The molecule has 5 heteroatoms. The van der Waals surface area contributed by atoms with Crippen LogP contribution in [0.4, 0.5) is 5.69 Å². The summed E-state index contributed by atoms with van der Waals surface area (Å²) in [6.07, 6.45) is 4.83. The molecule has 0 aliphatic heterocycles. The van der Waals surface area contributed by atoms with E-state index in [0.717, 1.165) is 10.6 Å². The van der Waals surface area contributed by atoms with Gasteiger partial charge in [-0.1, -0.05) is 0 Å². The summed E-state index contributed by atoms with van der Waals surface area (Å²) in [7, 11) is 0. The van der Waals surface area contributed by atoms with Crippen molar-refractivity contribution in [3.63, 3.8) is 0 Å². The van der Waals surface area contributed by atoms with Crippen LogP contribution in [-0.2, 0) is 0 Å². The summed E-state index contributed by atoms with van der Waals surface area (Å²) in [6, 6.07) is 1.87. The molecule has 72 valence electrons. The number of nitrogens with two attached hydrogens (primary N) is 1. The third kappa shape index (κ3) is 1.72. The summed E-state index contributed by atoms with van der Waals surface area (Å²) in [4.78, 5) is 8.13. The van der Waals surface area contributed by atoms with Crippen molar-refractivity contribution in [2.45, 2.75) is 17.2 Å². The number of hydrogen-bond acceptors (Lipinski definition) is 5. The largest absolute Gasteiger partial charge is 0.440 e. The van der Waals surface area contributed by atoms with Crippen molar-refractivity contribution in [1.82, 2.24) is 9.97 Å². The molecule has 4 nitrogen and oxygen atoms in total. The molecule has 0 saturated heterocycles. The zero-order valence-electron chi connectivity index (χ0n) is 7.60. The van der Waals surface area contributed by atoms with Crippen LogP contribution in [0.25, 0.3) is 0 Å². The molecule has 2 heterocycles. The van der Waals surface area contributed by atoms with Gasteiger partial charge in [0.2, 0.25) is 0 Å². The second-order valence-corrected chi connectivity index (χ2v) is 3.69. The molecule has 0 spiro atoms. The highest BCUT2D eigenvalue weighted by molar-refractivity contribution is 7.99. The Morgan fingerprint density at radius 1 is 1.36 bits per heavy atom. The van der Waals surface area contributed by atoms with Gasteiger partial charge in [-0.3, -0.25) is 0 Å². The van der Waals surface area contributed by atoms with Crippen molar-refractivity contribution in [3.8, 4) is 0 Å².